The third kappa shape index (κ3) is 3.19. The molecule has 0 spiro atoms. The second-order valence-electron chi connectivity index (χ2n) is 4.17. The normalized spacial score (nSPS) is 13.1. The second-order valence-corrected chi connectivity index (χ2v) is 4.17. The number of alkyl halides is 3. The van der Waals surface area contributed by atoms with Crippen LogP contribution in [0.4, 0.5) is 13.2 Å². The van der Waals surface area contributed by atoms with Crippen LogP contribution in [0, 0.1) is 0 Å². The van der Waals surface area contributed by atoms with Crippen molar-refractivity contribution in [3.05, 3.63) is 46.5 Å². The lowest BCUT2D eigenvalue weighted by molar-refractivity contribution is -0.201. The highest BCUT2D eigenvalue weighted by Crippen LogP contribution is 2.19. The maximum Gasteiger partial charge on any atom is 0.416 e. The Hall–Kier alpha value is -2.42. The number of halogens is 3. The fraction of sp³-hybridized carbons (Fsp3) is 0.250. The molecule has 1 unspecified atom stereocenters. The van der Waals surface area contributed by atoms with Crippen molar-refractivity contribution < 1.29 is 23.1 Å². The van der Waals surface area contributed by atoms with E-state index in [4.69, 9.17) is 5.11 Å². The van der Waals surface area contributed by atoms with Gasteiger partial charge in [0.05, 0.1) is 6.54 Å². The van der Waals surface area contributed by atoms with Crippen LogP contribution >= 0.6 is 0 Å². The van der Waals surface area contributed by atoms with Gasteiger partial charge in [-0.15, -0.1) is 0 Å². The second kappa shape index (κ2) is 5.52. The minimum atomic E-state index is -4.84. The Labute approximate surface area is 115 Å². The summed E-state index contributed by atoms with van der Waals surface area (Å²) < 4.78 is 37.4. The van der Waals surface area contributed by atoms with Gasteiger partial charge in [0, 0.05) is 12.4 Å². The molecule has 0 radical (unpaired) electrons. The molecule has 0 fully saturated rings. The van der Waals surface area contributed by atoms with E-state index >= 15 is 0 Å². The van der Waals surface area contributed by atoms with Gasteiger partial charge >= 0.3 is 6.18 Å². The molecule has 1 atom stereocenters. The molecule has 112 valence electrons. The largest absolute Gasteiger partial charge is 0.416 e. The average molecular weight is 301 g/mol. The highest BCUT2D eigenvalue weighted by atomic mass is 19.4. The van der Waals surface area contributed by atoms with Gasteiger partial charge < -0.3 is 10.4 Å². The number of fused-ring (bicyclic) bond motifs is 1. The molecule has 2 heterocycles. The number of aliphatic hydroxyl groups is 1. The molecule has 2 rings (SSSR count). The summed E-state index contributed by atoms with van der Waals surface area (Å²) in [7, 11) is 0. The van der Waals surface area contributed by atoms with E-state index in [1.54, 1.807) is 12.1 Å². The summed E-state index contributed by atoms with van der Waals surface area (Å²) in [6, 6.07) is 4.73. The van der Waals surface area contributed by atoms with Gasteiger partial charge in [0.25, 0.3) is 11.5 Å². The lowest BCUT2D eigenvalue weighted by atomic mass is 10.2. The number of carbonyl (C=O) groups is 1. The third-order valence-electron chi connectivity index (χ3n) is 2.69. The van der Waals surface area contributed by atoms with Crippen molar-refractivity contribution in [2.45, 2.75) is 12.3 Å². The quantitative estimate of drug-likeness (QED) is 0.857. The molecule has 21 heavy (non-hydrogen) atoms. The number of nitrogens with one attached hydrogen (secondary N) is 1. The summed E-state index contributed by atoms with van der Waals surface area (Å²) in [6.07, 6.45) is -5.18. The maximum absolute atomic E-state index is 12.1. The van der Waals surface area contributed by atoms with Crippen molar-refractivity contribution in [2.75, 3.05) is 6.54 Å². The van der Waals surface area contributed by atoms with E-state index in [0.717, 1.165) is 10.6 Å². The van der Waals surface area contributed by atoms with Crippen molar-refractivity contribution in [1.29, 1.82) is 0 Å². The van der Waals surface area contributed by atoms with Crippen molar-refractivity contribution in [1.82, 2.24) is 14.7 Å². The van der Waals surface area contributed by atoms with Crippen LogP contribution in [0.25, 0.3) is 5.65 Å². The lowest BCUT2D eigenvalue weighted by Crippen LogP contribution is -2.42. The Kier molecular flexibility index (Phi) is 3.94. The molecule has 2 aromatic rings. The number of pyridine rings is 1. The molecule has 9 heteroatoms. The molecular formula is C12H10F3N3O3. The van der Waals surface area contributed by atoms with E-state index in [1.165, 1.54) is 12.3 Å². The van der Waals surface area contributed by atoms with E-state index < -0.39 is 35.9 Å². The van der Waals surface area contributed by atoms with Gasteiger partial charge in [-0.2, -0.15) is 13.2 Å². The predicted molar refractivity (Wildman–Crippen MR) is 65.9 cm³/mol. The average Bonchev–Trinajstić information content (AvgIpc) is 2.44. The Balaban J connectivity index is 2.21. The summed E-state index contributed by atoms with van der Waals surface area (Å²) in [6.45, 7) is -1.04. The molecule has 2 aromatic heterocycles. The van der Waals surface area contributed by atoms with Gasteiger partial charge in [-0.25, -0.2) is 4.98 Å². The molecule has 6 nitrogen and oxygen atoms in total. The molecule has 0 aliphatic heterocycles. The van der Waals surface area contributed by atoms with E-state index in [2.05, 4.69) is 4.98 Å². The highest BCUT2D eigenvalue weighted by molar-refractivity contribution is 5.93. The fourth-order valence-corrected chi connectivity index (χ4v) is 1.58. The first-order valence-corrected chi connectivity index (χ1v) is 5.80. The van der Waals surface area contributed by atoms with Gasteiger partial charge in [0.2, 0.25) is 0 Å². The number of amides is 1. The lowest BCUT2D eigenvalue weighted by Gasteiger charge is -2.14. The molecular weight excluding hydrogens is 291 g/mol. The van der Waals surface area contributed by atoms with Crippen LogP contribution in [0.5, 0.6) is 0 Å². The summed E-state index contributed by atoms with van der Waals surface area (Å²) in [5.74, 6) is -1.03. The first-order chi connectivity index (χ1) is 9.80. The molecule has 1 amide bonds. The van der Waals surface area contributed by atoms with Gasteiger partial charge in [-0.05, 0) is 12.1 Å². The maximum atomic E-state index is 12.1. The van der Waals surface area contributed by atoms with Crippen LogP contribution in [-0.4, -0.2) is 39.2 Å². The molecule has 0 aliphatic carbocycles. The van der Waals surface area contributed by atoms with Crippen molar-refractivity contribution in [3.63, 3.8) is 0 Å². The molecule has 0 bridgehead atoms. The number of rotatable bonds is 3. The van der Waals surface area contributed by atoms with Gasteiger partial charge in [0.1, 0.15) is 11.2 Å². The summed E-state index contributed by atoms with van der Waals surface area (Å²) in [4.78, 5) is 27.5. The van der Waals surface area contributed by atoms with Crippen LogP contribution in [0.1, 0.15) is 10.4 Å². The Morgan fingerprint density at radius 3 is 2.81 bits per heavy atom. The molecule has 0 aromatic carbocycles. The van der Waals surface area contributed by atoms with Gasteiger partial charge in [0.15, 0.2) is 6.10 Å². The monoisotopic (exact) mass is 301 g/mol. The number of nitrogens with zero attached hydrogens (tertiary/aromatic N) is 2. The number of aliphatic hydroxyl groups excluding tert-OH is 1. The Morgan fingerprint density at radius 2 is 2.14 bits per heavy atom. The number of carbonyl (C=O) groups excluding carboxylic acids is 1. The van der Waals surface area contributed by atoms with Crippen LogP contribution in [-0.2, 0) is 0 Å². The smallest absolute Gasteiger partial charge is 0.382 e. The fourth-order valence-electron chi connectivity index (χ4n) is 1.58. The standard InChI is InChI=1S/C12H10F3N3O3/c13-12(14,15)8(19)6-17-10(20)7-5-16-9-3-1-2-4-18(9)11(7)21/h1-5,8,19H,6H2,(H,17,20). The molecule has 0 saturated heterocycles. The minimum Gasteiger partial charge on any atom is -0.382 e. The molecule has 0 saturated carbocycles. The SMILES string of the molecule is O=C(NCC(O)C(F)(F)F)c1cnc2ccccn2c1=O. The summed E-state index contributed by atoms with van der Waals surface area (Å²) in [5, 5.41) is 10.6. The third-order valence-corrected chi connectivity index (χ3v) is 2.69. The van der Waals surface area contributed by atoms with Gasteiger partial charge in [-0.3, -0.25) is 14.0 Å². The van der Waals surface area contributed by atoms with Crippen molar-refractivity contribution >= 4 is 11.6 Å². The van der Waals surface area contributed by atoms with Crippen LogP contribution < -0.4 is 10.9 Å². The number of hydrogen-bond acceptors (Lipinski definition) is 4. The number of aromatic nitrogens is 2. The predicted octanol–water partition coefficient (Wildman–Crippen LogP) is 0.347. The molecule has 2 N–H and O–H groups in total. The van der Waals surface area contributed by atoms with Crippen molar-refractivity contribution in [3.8, 4) is 0 Å². The van der Waals surface area contributed by atoms with Crippen LogP contribution in [0.2, 0.25) is 0 Å². The van der Waals surface area contributed by atoms with Crippen LogP contribution in [0.15, 0.2) is 35.4 Å². The summed E-state index contributed by atoms with van der Waals surface area (Å²) in [5.41, 5.74) is -0.818. The zero-order valence-corrected chi connectivity index (χ0v) is 10.5. The zero-order valence-electron chi connectivity index (χ0n) is 10.5. The molecule has 0 aliphatic rings. The van der Waals surface area contributed by atoms with E-state index in [9.17, 15) is 22.8 Å². The first-order valence-electron chi connectivity index (χ1n) is 5.80. The van der Waals surface area contributed by atoms with Crippen LogP contribution in [0.3, 0.4) is 0 Å². The van der Waals surface area contributed by atoms with Gasteiger partial charge in [-0.1, -0.05) is 6.07 Å². The highest BCUT2D eigenvalue weighted by Gasteiger charge is 2.38. The topological polar surface area (TPSA) is 83.7 Å². The zero-order chi connectivity index (χ0) is 15.6. The first kappa shape index (κ1) is 15.0. The number of hydrogen-bond donors (Lipinski definition) is 2. The van der Waals surface area contributed by atoms with Crippen molar-refractivity contribution in [2.24, 2.45) is 0 Å². The van der Waals surface area contributed by atoms with E-state index in [-0.39, 0.29) is 0 Å². The van der Waals surface area contributed by atoms with E-state index in [0.29, 0.717) is 5.65 Å². The minimum absolute atomic E-state index is 0.300. The summed E-state index contributed by atoms with van der Waals surface area (Å²) >= 11 is 0. The van der Waals surface area contributed by atoms with E-state index in [1.807, 2.05) is 5.32 Å². The Bertz CT molecular complexity index is 727. The Morgan fingerprint density at radius 1 is 1.43 bits per heavy atom.